The summed E-state index contributed by atoms with van der Waals surface area (Å²) < 4.78 is 1.09. The van der Waals surface area contributed by atoms with Gasteiger partial charge in [-0.15, -0.1) is 0 Å². The SMILES string of the molecule is Brc1ccc(N(c2ccccc2)c2ccccc2)cc1.Nc1ccc(Cc2ccc(N)cc2)cc1.c1ccc(N(c2ccccc2)c2ccc(Cc3ccc(N(c4ccccc4)c4ccccc4)cc3)cc2)cc1. The molecule has 0 spiro atoms. The van der Waals surface area contributed by atoms with Gasteiger partial charge in [-0.25, -0.2) is 0 Å². The molecule has 11 aromatic carbocycles. The molecule has 5 nitrogen and oxygen atoms in total. The highest BCUT2D eigenvalue weighted by molar-refractivity contribution is 9.10. The summed E-state index contributed by atoms with van der Waals surface area (Å²) in [7, 11) is 0. The number of hydrogen-bond donors (Lipinski definition) is 2. The largest absolute Gasteiger partial charge is 0.399 e. The number of nitrogens with two attached hydrogens (primary N) is 2. The molecular weight excluding hydrogens is 967 g/mol. The van der Waals surface area contributed by atoms with Crippen LogP contribution in [0.15, 0.2) is 308 Å². The van der Waals surface area contributed by atoms with E-state index in [0.29, 0.717) is 0 Å². The van der Waals surface area contributed by atoms with Gasteiger partial charge >= 0.3 is 0 Å². The predicted molar refractivity (Wildman–Crippen MR) is 318 cm³/mol. The predicted octanol–water partition coefficient (Wildman–Crippen LogP) is 18.6. The second-order valence-corrected chi connectivity index (χ2v) is 18.6. The van der Waals surface area contributed by atoms with E-state index in [2.05, 4.69) is 273 Å². The van der Waals surface area contributed by atoms with Gasteiger partial charge in [0, 0.05) is 67.0 Å². The van der Waals surface area contributed by atoms with Gasteiger partial charge in [0.05, 0.1) is 0 Å². The van der Waals surface area contributed by atoms with E-state index >= 15 is 0 Å². The lowest BCUT2D eigenvalue weighted by Gasteiger charge is -2.26. The highest BCUT2D eigenvalue weighted by Crippen LogP contribution is 2.37. The topological polar surface area (TPSA) is 61.8 Å². The van der Waals surface area contributed by atoms with Crippen molar-refractivity contribution in [3.05, 3.63) is 330 Å². The Morgan fingerprint density at radius 2 is 0.392 bits per heavy atom. The van der Waals surface area contributed by atoms with E-state index in [1.165, 1.54) is 22.3 Å². The van der Waals surface area contributed by atoms with Crippen LogP contribution in [0.4, 0.5) is 62.6 Å². The summed E-state index contributed by atoms with van der Waals surface area (Å²) in [4.78, 5) is 6.83. The molecule has 74 heavy (non-hydrogen) atoms. The molecule has 11 aromatic rings. The fourth-order valence-electron chi connectivity index (χ4n) is 8.66. The molecule has 0 saturated carbocycles. The van der Waals surface area contributed by atoms with Gasteiger partial charge in [0.2, 0.25) is 0 Å². The smallest absolute Gasteiger partial charge is 0.0462 e. The van der Waals surface area contributed by atoms with Crippen molar-refractivity contribution in [1.29, 1.82) is 0 Å². The molecule has 362 valence electrons. The Labute approximate surface area is 445 Å². The molecule has 4 N–H and O–H groups in total. The van der Waals surface area contributed by atoms with E-state index in [9.17, 15) is 0 Å². The molecular formula is C68H58BrN5. The van der Waals surface area contributed by atoms with Crippen LogP contribution >= 0.6 is 15.9 Å². The molecule has 6 heteroatoms. The number of anilines is 11. The standard InChI is InChI=1S/C37H30N2.C18H14BrN.C13H14N2/c1-5-13-32(14-6-1)38(33-15-7-2-8-16-33)36-25-21-30(22-26-36)29-31-23-27-37(28-24-31)39(34-17-9-3-10-18-34)35-19-11-4-12-20-35;19-15-11-13-18(14-12-15)20(16-7-3-1-4-8-16)17-9-5-2-6-10-17;14-12-5-1-10(2-6-12)9-11-3-7-13(15)8-4-11/h1-28H,29H2;1-14H;1-8H,9,14-15H2. The average molecular weight is 1030 g/mol. The normalized spacial score (nSPS) is 10.4. The van der Waals surface area contributed by atoms with Gasteiger partial charge in [-0.1, -0.05) is 174 Å². The Morgan fingerprint density at radius 1 is 0.216 bits per heavy atom. The number of halogens is 1. The molecule has 11 rings (SSSR count). The number of nitrogens with zero attached hydrogens (tertiary/aromatic N) is 3. The van der Waals surface area contributed by atoms with Crippen LogP contribution in [-0.2, 0) is 12.8 Å². The van der Waals surface area contributed by atoms with Crippen LogP contribution < -0.4 is 26.2 Å². The minimum atomic E-state index is 0.802. The first-order valence-electron chi connectivity index (χ1n) is 24.8. The van der Waals surface area contributed by atoms with Crippen molar-refractivity contribution in [2.24, 2.45) is 0 Å². The monoisotopic (exact) mass is 1020 g/mol. The summed E-state index contributed by atoms with van der Waals surface area (Å²) >= 11 is 3.49. The first-order chi connectivity index (χ1) is 36.4. The van der Waals surface area contributed by atoms with Gasteiger partial charge in [0.15, 0.2) is 0 Å². The van der Waals surface area contributed by atoms with Crippen molar-refractivity contribution in [3.63, 3.8) is 0 Å². The van der Waals surface area contributed by atoms with E-state index < -0.39 is 0 Å². The van der Waals surface area contributed by atoms with Crippen molar-refractivity contribution >= 4 is 78.5 Å². The molecule has 0 amide bonds. The fourth-order valence-corrected chi connectivity index (χ4v) is 8.93. The number of benzene rings is 11. The number of para-hydroxylation sites is 6. The van der Waals surface area contributed by atoms with Crippen LogP contribution in [-0.4, -0.2) is 0 Å². The summed E-state index contributed by atoms with van der Waals surface area (Å²) in [5.74, 6) is 0. The van der Waals surface area contributed by atoms with Crippen LogP contribution in [0.3, 0.4) is 0 Å². The second-order valence-electron chi connectivity index (χ2n) is 17.7. The molecule has 0 unspecified atom stereocenters. The Morgan fingerprint density at radius 3 is 0.608 bits per heavy atom. The molecule has 0 aliphatic rings. The van der Waals surface area contributed by atoms with Gasteiger partial charge in [0.25, 0.3) is 0 Å². The summed E-state index contributed by atoms with van der Waals surface area (Å²) in [6.45, 7) is 0. The molecule has 0 fully saturated rings. The molecule has 0 aliphatic heterocycles. The summed E-state index contributed by atoms with van der Waals surface area (Å²) in [5, 5.41) is 0. The number of hydrogen-bond acceptors (Lipinski definition) is 5. The zero-order valence-corrected chi connectivity index (χ0v) is 42.7. The van der Waals surface area contributed by atoms with Crippen molar-refractivity contribution in [1.82, 2.24) is 0 Å². The first-order valence-corrected chi connectivity index (χ1v) is 25.6. The zero-order chi connectivity index (χ0) is 50.7. The molecule has 0 aliphatic carbocycles. The van der Waals surface area contributed by atoms with Crippen LogP contribution in [0.25, 0.3) is 0 Å². The Kier molecular flexibility index (Phi) is 17.1. The molecule has 0 heterocycles. The highest BCUT2D eigenvalue weighted by atomic mass is 79.9. The van der Waals surface area contributed by atoms with E-state index in [-0.39, 0.29) is 0 Å². The molecule has 0 radical (unpaired) electrons. The molecule has 0 bridgehead atoms. The van der Waals surface area contributed by atoms with Crippen LogP contribution in [0.1, 0.15) is 22.3 Å². The summed E-state index contributed by atoms with van der Waals surface area (Å²) in [6, 6.07) is 105. The third kappa shape index (κ3) is 13.6. The van der Waals surface area contributed by atoms with Crippen LogP contribution in [0.5, 0.6) is 0 Å². The lowest BCUT2D eigenvalue weighted by atomic mass is 10.0. The third-order valence-electron chi connectivity index (χ3n) is 12.3. The van der Waals surface area contributed by atoms with E-state index in [1.807, 2.05) is 60.7 Å². The van der Waals surface area contributed by atoms with E-state index in [0.717, 1.165) is 79.9 Å². The fraction of sp³-hybridized carbons (Fsp3) is 0.0294. The lowest BCUT2D eigenvalue weighted by molar-refractivity contribution is 1.18. The molecule has 0 aromatic heterocycles. The quantitative estimate of drug-likeness (QED) is 0.113. The minimum absolute atomic E-state index is 0.802. The number of nitrogen functional groups attached to an aromatic ring is 2. The third-order valence-corrected chi connectivity index (χ3v) is 12.9. The average Bonchev–Trinajstić information content (AvgIpc) is 3.46. The number of rotatable bonds is 13. The van der Waals surface area contributed by atoms with Gasteiger partial charge in [-0.2, -0.15) is 0 Å². The van der Waals surface area contributed by atoms with Crippen molar-refractivity contribution in [3.8, 4) is 0 Å². The minimum Gasteiger partial charge on any atom is -0.399 e. The van der Waals surface area contributed by atoms with Crippen molar-refractivity contribution < 1.29 is 0 Å². The Bertz CT molecular complexity index is 3060. The lowest BCUT2D eigenvalue weighted by Crippen LogP contribution is -2.10. The summed E-state index contributed by atoms with van der Waals surface area (Å²) in [5.41, 5.74) is 28.3. The highest BCUT2D eigenvalue weighted by Gasteiger charge is 2.15. The van der Waals surface area contributed by atoms with Gasteiger partial charge in [-0.05, 0) is 181 Å². The molecule has 0 saturated heterocycles. The summed E-state index contributed by atoms with van der Waals surface area (Å²) in [6.07, 6.45) is 1.80. The van der Waals surface area contributed by atoms with Crippen molar-refractivity contribution in [2.45, 2.75) is 12.8 Å². The Balaban J connectivity index is 0.000000159. The second kappa shape index (κ2) is 25.3. The molecule has 0 atom stereocenters. The van der Waals surface area contributed by atoms with Crippen LogP contribution in [0, 0.1) is 0 Å². The van der Waals surface area contributed by atoms with Gasteiger partial charge < -0.3 is 26.2 Å². The Hall–Kier alpha value is -9.10. The van der Waals surface area contributed by atoms with Crippen LogP contribution in [0.2, 0.25) is 0 Å². The van der Waals surface area contributed by atoms with E-state index in [1.54, 1.807) is 0 Å². The van der Waals surface area contributed by atoms with E-state index in [4.69, 9.17) is 11.5 Å². The van der Waals surface area contributed by atoms with Crippen molar-refractivity contribution in [2.75, 3.05) is 26.2 Å². The zero-order valence-electron chi connectivity index (χ0n) is 41.2. The first kappa shape index (κ1) is 49.9. The maximum atomic E-state index is 5.62. The van der Waals surface area contributed by atoms with Gasteiger partial charge in [-0.3, -0.25) is 0 Å². The maximum absolute atomic E-state index is 5.62. The van der Waals surface area contributed by atoms with Gasteiger partial charge in [0.1, 0.15) is 0 Å². The maximum Gasteiger partial charge on any atom is 0.0462 e.